The van der Waals surface area contributed by atoms with E-state index in [0.717, 1.165) is 70.7 Å². The molecular weight excluding hydrogens is 825 g/mol. The molecule has 0 saturated heterocycles. The second-order valence-corrected chi connectivity index (χ2v) is 16.6. The Morgan fingerprint density at radius 3 is 2.09 bits per heavy atom. The summed E-state index contributed by atoms with van der Waals surface area (Å²) in [5, 5.41) is 5.69. The van der Waals surface area contributed by atoms with Crippen LogP contribution in [0.25, 0.3) is 60.9 Å². The van der Waals surface area contributed by atoms with Gasteiger partial charge in [0.05, 0.1) is 11.0 Å². The summed E-state index contributed by atoms with van der Waals surface area (Å²) >= 11 is 0. The molecule has 1 N–H and O–H groups in total. The molecule has 0 amide bonds. The number of aromatic nitrogens is 2. The first kappa shape index (κ1) is 46.3. The number of anilines is 2. The first-order chi connectivity index (χ1) is 33.6. The number of hydrogen-bond donors (Lipinski definition) is 1. The molecule has 0 saturated carbocycles. The van der Waals surface area contributed by atoms with Crippen molar-refractivity contribution in [3.8, 4) is 27.9 Å². The Labute approximate surface area is 403 Å². The van der Waals surface area contributed by atoms with E-state index in [4.69, 9.17) is 0 Å². The maximum Gasteiger partial charge on any atom is 0.0625 e. The van der Waals surface area contributed by atoms with E-state index in [2.05, 4.69) is 234 Å². The summed E-state index contributed by atoms with van der Waals surface area (Å²) in [6.45, 7) is 11.7. The van der Waals surface area contributed by atoms with Crippen molar-refractivity contribution in [1.82, 2.24) is 14.9 Å². The third-order valence-corrected chi connectivity index (χ3v) is 12.1. The Morgan fingerprint density at radius 2 is 1.46 bits per heavy atom. The van der Waals surface area contributed by atoms with Crippen LogP contribution in [-0.2, 0) is 6.42 Å². The summed E-state index contributed by atoms with van der Waals surface area (Å²) in [7, 11) is 1.93. The predicted molar refractivity (Wildman–Crippen MR) is 294 cm³/mol. The highest BCUT2D eigenvalue weighted by molar-refractivity contribution is 6.19. The van der Waals surface area contributed by atoms with Gasteiger partial charge in [0.15, 0.2) is 0 Å². The van der Waals surface area contributed by atoms with E-state index >= 15 is 0 Å². The average molecular weight is 885 g/mol. The van der Waals surface area contributed by atoms with Crippen molar-refractivity contribution in [3.63, 3.8) is 0 Å². The van der Waals surface area contributed by atoms with Crippen molar-refractivity contribution in [1.29, 1.82) is 0 Å². The second-order valence-electron chi connectivity index (χ2n) is 16.6. The minimum atomic E-state index is 0.758. The molecule has 1 aliphatic rings. The molecule has 4 nitrogen and oxygen atoms in total. The van der Waals surface area contributed by atoms with Crippen molar-refractivity contribution < 1.29 is 0 Å². The van der Waals surface area contributed by atoms with Gasteiger partial charge in [-0.1, -0.05) is 159 Å². The summed E-state index contributed by atoms with van der Waals surface area (Å²) in [4.78, 5) is 6.64. The van der Waals surface area contributed by atoms with Gasteiger partial charge in [0.2, 0.25) is 0 Å². The van der Waals surface area contributed by atoms with Crippen molar-refractivity contribution in [3.05, 3.63) is 267 Å². The number of nitrogens with zero attached hydrogens (tertiary/aromatic N) is 3. The number of benzene rings is 6. The molecule has 8 aromatic rings. The summed E-state index contributed by atoms with van der Waals surface area (Å²) < 4.78 is 2.48. The number of rotatable bonds is 15. The lowest BCUT2D eigenvalue weighted by molar-refractivity contribution is 1.04. The van der Waals surface area contributed by atoms with Crippen molar-refractivity contribution >= 4 is 44.3 Å². The van der Waals surface area contributed by atoms with Gasteiger partial charge in [0.1, 0.15) is 0 Å². The zero-order valence-corrected chi connectivity index (χ0v) is 39.5. The van der Waals surface area contributed by atoms with E-state index in [1.807, 2.05) is 50.8 Å². The van der Waals surface area contributed by atoms with Crippen molar-refractivity contribution in [2.75, 3.05) is 11.9 Å². The lowest BCUT2D eigenvalue weighted by Gasteiger charge is -2.27. The molecule has 336 valence electrons. The van der Waals surface area contributed by atoms with Gasteiger partial charge in [-0.3, -0.25) is 4.98 Å². The summed E-state index contributed by atoms with van der Waals surface area (Å²) in [6.07, 6.45) is 31.1. The van der Waals surface area contributed by atoms with Crippen LogP contribution in [0.5, 0.6) is 0 Å². The lowest BCUT2D eigenvalue weighted by atomic mass is 9.91. The van der Waals surface area contributed by atoms with E-state index in [1.165, 1.54) is 49.7 Å². The molecule has 6 aromatic carbocycles. The standard InChI is InChI=1S/C60H52N4.C4H8/c1-4-17-50(43-61-3)46-28-31-52(32-29-46)63(51(18-5-2)27-15-19-44-20-16-40-62-42-44)53-33-35-54(36-34-53)64-58-39-30-49(45-21-9-6-10-22-45)41-57(58)59-55(47-23-11-7-12-24-47)37-38-56(60(59)64)48-25-13-8-14-26-48;1-3-4-2/h4-6,8-11,13-18,20-43,61H,2,7,12,19H2,1,3H3;3H,1,4H2,2H3/b17-4-,27-15-,50-43+,51-18+;. The third-order valence-electron chi connectivity index (χ3n) is 12.1. The summed E-state index contributed by atoms with van der Waals surface area (Å²) in [5.74, 6) is 0. The van der Waals surface area contributed by atoms with Gasteiger partial charge in [-0.2, -0.15) is 0 Å². The quantitative estimate of drug-likeness (QED) is 0.0822. The minimum absolute atomic E-state index is 0.758. The number of hydrogen-bond acceptors (Lipinski definition) is 3. The molecule has 68 heavy (non-hydrogen) atoms. The van der Waals surface area contributed by atoms with E-state index in [1.54, 1.807) is 0 Å². The normalized spacial score (nSPS) is 12.8. The van der Waals surface area contributed by atoms with Crippen LogP contribution in [0.15, 0.2) is 250 Å². The number of allylic oxidation sites excluding steroid dienone is 12. The largest absolute Gasteiger partial charge is 0.393 e. The molecule has 2 heterocycles. The smallest absolute Gasteiger partial charge is 0.0625 e. The van der Waals surface area contributed by atoms with Gasteiger partial charge >= 0.3 is 0 Å². The van der Waals surface area contributed by atoms with Crippen molar-refractivity contribution in [2.24, 2.45) is 0 Å². The summed E-state index contributed by atoms with van der Waals surface area (Å²) in [5.41, 5.74) is 17.2. The molecule has 4 heteroatoms. The Hall–Kier alpha value is -8.21. The number of pyridine rings is 1. The number of fused-ring (bicyclic) bond motifs is 3. The van der Waals surface area contributed by atoms with Gasteiger partial charge < -0.3 is 14.8 Å². The van der Waals surface area contributed by atoms with Crippen LogP contribution in [0, 0.1) is 0 Å². The van der Waals surface area contributed by atoms with Gasteiger partial charge in [0.25, 0.3) is 0 Å². The topological polar surface area (TPSA) is 33.1 Å². The molecule has 2 aromatic heterocycles. The monoisotopic (exact) mass is 884 g/mol. The van der Waals surface area contributed by atoms with Gasteiger partial charge in [-0.15, -0.1) is 6.58 Å². The fourth-order valence-electron chi connectivity index (χ4n) is 8.85. The minimum Gasteiger partial charge on any atom is -0.393 e. The van der Waals surface area contributed by atoms with E-state index in [-0.39, 0.29) is 0 Å². The van der Waals surface area contributed by atoms with E-state index in [0.29, 0.717) is 0 Å². The highest BCUT2D eigenvalue weighted by Gasteiger charge is 2.22. The first-order valence-corrected chi connectivity index (χ1v) is 23.7. The zero-order valence-electron chi connectivity index (χ0n) is 39.5. The maximum atomic E-state index is 4.34. The molecule has 0 spiro atoms. The van der Waals surface area contributed by atoms with Crippen LogP contribution in [0.2, 0.25) is 0 Å². The average Bonchev–Trinajstić information content (AvgIpc) is 3.74. The molecule has 0 fully saturated rings. The molecule has 0 bridgehead atoms. The van der Waals surface area contributed by atoms with E-state index < -0.39 is 0 Å². The number of nitrogens with one attached hydrogen (secondary N) is 1. The van der Waals surface area contributed by atoms with Gasteiger partial charge in [0, 0.05) is 64.7 Å². The summed E-state index contributed by atoms with van der Waals surface area (Å²) in [6, 6.07) is 55.0. The Morgan fingerprint density at radius 1 is 0.750 bits per heavy atom. The lowest BCUT2D eigenvalue weighted by Crippen LogP contribution is -2.15. The Bertz CT molecular complexity index is 3160. The zero-order chi connectivity index (χ0) is 47.1. The maximum absolute atomic E-state index is 4.34. The molecule has 0 unspecified atom stereocenters. The molecule has 0 atom stereocenters. The van der Waals surface area contributed by atoms with Gasteiger partial charge in [-0.05, 0) is 144 Å². The molecule has 0 radical (unpaired) electrons. The fraction of sp³-hybridized carbons (Fsp3) is 0.109. The Kier molecular flexibility index (Phi) is 15.5. The highest BCUT2D eigenvalue weighted by atomic mass is 15.1. The fourth-order valence-corrected chi connectivity index (χ4v) is 8.85. The van der Waals surface area contributed by atoms with Crippen LogP contribution in [0.4, 0.5) is 11.4 Å². The predicted octanol–water partition coefficient (Wildman–Crippen LogP) is 17.0. The van der Waals surface area contributed by atoms with Crippen LogP contribution in [-0.4, -0.2) is 16.6 Å². The van der Waals surface area contributed by atoms with E-state index in [9.17, 15) is 0 Å². The first-order valence-electron chi connectivity index (χ1n) is 23.7. The van der Waals surface area contributed by atoms with Crippen molar-refractivity contribution in [2.45, 2.75) is 39.5 Å². The van der Waals surface area contributed by atoms with Crippen LogP contribution in [0.1, 0.15) is 49.8 Å². The van der Waals surface area contributed by atoms with Crippen LogP contribution >= 0.6 is 0 Å². The molecule has 1 aliphatic carbocycles. The Balaban J connectivity index is 0.00000150. The third kappa shape index (κ3) is 10.4. The second kappa shape index (κ2) is 22.8. The SMILES string of the molecule is C=C/C=C(\C=C/Cc1cccnc1)N(c1ccc(C(/C=C\C)=C/NC)cc1)c1ccc(-n2c3ccc(-c4ccccc4)cc3c3c(C4=CCCC=C4)ccc(-c4ccccc4)c32)cc1.C=CCC. The van der Waals surface area contributed by atoms with Gasteiger partial charge in [-0.25, -0.2) is 0 Å². The van der Waals surface area contributed by atoms with Crippen LogP contribution < -0.4 is 10.2 Å². The van der Waals surface area contributed by atoms with Crippen LogP contribution in [0.3, 0.4) is 0 Å². The molecule has 9 rings (SSSR count). The molecular formula is C64H60N4. The molecule has 0 aliphatic heterocycles. The highest BCUT2D eigenvalue weighted by Crippen LogP contribution is 2.44.